The van der Waals surface area contributed by atoms with Crippen molar-refractivity contribution in [3.8, 4) is 0 Å². The lowest BCUT2D eigenvalue weighted by molar-refractivity contribution is -0.203. The van der Waals surface area contributed by atoms with Crippen LogP contribution in [0.1, 0.15) is 146 Å². The summed E-state index contributed by atoms with van der Waals surface area (Å²) in [5.74, 6) is -0.660. The molecule has 4 N–H and O–H groups in total. The Balaban J connectivity index is 0.822. The molecule has 8 rings (SSSR count). The highest BCUT2D eigenvalue weighted by atomic mass is 16.5. The second-order valence-corrected chi connectivity index (χ2v) is 21.8. The third-order valence-corrected chi connectivity index (χ3v) is 18.0. The Morgan fingerprint density at radius 3 is 2.30 bits per heavy atom. The number of fused-ring (bicyclic) bond motifs is 8. The van der Waals surface area contributed by atoms with Crippen LogP contribution in [0.15, 0.2) is 29.8 Å². The monoisotopic (exact) mass is 843 g/mol. The van der Waals surface area contributed by atoms with Crippen LogP contribution in [0.4, 0.5) is 5.69 Å². The molecular formula is C49H70N4O8. The smallest absolute Gasteiger partial charge is 0.264 e. The summed E-state index contributed by atoms with van der Waals surface area (Å²) in [7, 11) is 0. The van der Waals surface area contributed by atoms with Gasteiger partial charge >= 0.3 is 0 Å². The maximum absolute atomic E-state index is 14.5. The zero-order chi connectivity index (χ0) is 43.8. The lowest BCUT2D eigenvalue weighted by atomic mass is 9.33. The van der Waals surface area contributed by atoms with Gasteiger partial charge < -0.3 is 25.2 Å². The van der Waals surface area contributed by atoms with Crippen molar-refractivity contribution < 1.29 is 38.6 Å². The Morgan fingerprint density at radius 2 is 1.56 bits per heavy atom. The average Bonchev–Trinajstić information content (AvgIpc) is 3.46. The van der Waals surface area contributed by atoms with Crippen LogP contribution in [0.3, 0.4) is 0 Å². The maximum Gasteiger partial charge on any atom is 0.264 e. The number of aliphatic hydroxyl groups excluding tert-OH is 1. The Bertz CT molecular complexity index is 1990. The van der Waals surface area contributed by atoms with Crippen molar-refractivity contribution in [2.24, 2.45) is 50.2 Å². The third-order valence-electron chi connectivity index (χ3n) is 18.0. The average molecular weight is 843 g/mol. The van der Waals surface area contributed by atoms with Gasteiger partial charge in [-0.15, -0.1) is 0 Å². The van der Waals surface area contributed by atoms with Gasteiger partial charge in [0.15, 0.2) is 0 Å². The van der Waals surface area contributed by atoms with Gasteiger partial charge in [-0.05, 0) is 128 Å². The predicted octanol–water partition coefficient (Wildman–Crippen LogP) is 6.81. The minimum absolute atomic E-state index is 0.0428. The third kappa shape index (κ3) is 7.09. The molecule has 5 aliphatic carbocycles. The summed E-state index contributed by atoms with van der Waals surface area (Å²) in [6.45, 7) is 19.4. The molecule has 7 aliphatic rings. The number of piperidine rings is 1. The Kier molecular flexibility index (Phi) is 11.5. The van der Waals surface area contributed by atoms with Crippen molar-refractivity contribution in [2.45, 2.75) is 138 Å². The number of benzene rings is 1. The summed E-state index contributed by atoms with van der Waals surface area (Å²) in [6.07, 6.45) is 12.9. The normalized spacial score (nSPS) is 37.3. The summed E-state index contributed by atoms with van der Waals surface area (Å²) in [5, 5.41) is 19.9. The van der Waals surface area contributed by atoms with Crippen LogP contribution < -0.4 is 16.0 Å². The minimum Gasteiger partial charge on any atom is -0.393 e. The highest BCUT2D eigenvalue weighted by molar-refractivity contribution is 6.25. The Morgan fingerprint density at radius 1 is 0.836 bits per heavy atom. The van der Waals surface area contributed by atoms with Crippen LogP contribution in [0.5, 0.6) is 0 Å². The van der Waals surface area contributed by atoms with Gasteiger partial charge in [-0.1, -0.05) is 66.2 Å². The van der Waals surface area contributed by atoms with E-state index in [1.165, 1.54) is 6.42 Å². The van der Waals surface area contributed by atoms with Crippen LogP contribution in [0.25, 0.3) is 0 Å². The zero-order valence-electron chi connectivity index (χ0n) is 37.7. The fraction of sp³-hybridized carbons (Fsp3) is 0.735. The standard InChI is InChI=1S/C49H70N4O8/c1-44(2)19-21-49(22-20-47(6)31(32(49)29-44)11-13-36-46(5)17-16-37(54)45(3,4)35(46)15-18-48(36,47)7)43(59)51-24-26-61-28-27-60-25-23-50-33-10-8-9-30-39(33)42(58)53(41(30)57)34-12-14-38(55)52-40(34)56/h8-11,32,34-37,50,54H,12-29H2,1-7H3,(H,51,59)(H,52,55,56)/t32-,34?,35-,36+,37-,46-,47+,48+,49-/m0/s1. The molecule has 1 saturated heterocycles. The lowest BCUT2D eigenvalue weighted by Crippen LogP contribution is -2.65. The van der Waals surface area contributed by atoms with Gasteiger partial charge in [-0.3, -0.25) is 34.2 Å². The van der Waals surface area contributed by atoms with Crippen molar-refractivity contribution in [3.63, 3.8) is 0 Å². The fourth-order valence-corrected chi connectivity index (χ4v) is 14.3. The van der Waals surface area contributed by atoms with Crippen molar-refractivity contribution in [2.75, 3.05) is 44.8 Å². The molecule has 12 heteroatoms. The molecule has 1 aromatic rings. The summed E-state index contributed by atoms with van der Waals surface area (Å²) in [5.41, 5.74) is 2.56. The molecule has 5 amide bonds. The van der Waals surface area contributed by atoms with Gasteiger partial charge in [-0.25, -0.2) is 0 Å². The SMILES string of the molecule is CC1(C)CC[C@]2(C(=O)NCCOCCOCCNc3cccc4c3C(=O)N(C3CCC(=O)NC3=O)C4=O)CC[C@]3(C)C(=CC[C@@H]4[C@@]5(C)CC[C@H](O)C(C)(C)[C@@H]5CC[C@]43C)[C@@H]2C1. The Labute approximate surface area is 362 Å². The molecule has 0 bridgehead atoms. The van der Waals surface area contributed by atoms with Crippen LogP contribution >= 0.6 is 0 Å². The first-order chi connectivity index (χ1) is 28.8. The minimum atomic E-state index is -1.02. The number of nitrogens with one attached hydrogen (secondary N) is 3. The van der Waals surface area contributed by atoms with Gasteiger partial charge in [0.05, 0.1) is 49.1 Å². The van der Waals surface area contributed by atoms with E-state index in [1.807, 2.05) is 0 Å². The maximum atomic E-state index is 14.5. The van der Waals surface area contributed by atoms with Crippen molar-refractivity contribution in [3.05, 3.63) is 41.0 Å². The molecule has 5 fully saturated rings. The number of amides is 5. The van der Waals surface area contributed by atoms with Crippen LogP contribution in [-0.4, -0.2) is 91.2 Å². The summed E-state index contributed by atoms with van der Waals surface area (Å²) in [4.78, 5) is 66.0. The number of hydrogen-bond donors (Lipinski definition) is 4. The Hall–Kier alpha value is -3.61. The predicted molar refractivity (Wildman–Crippen MR) is 231 cm³/mol. The van der Waals surface area contributed by atoms with E-state index >= 15 is 0 Å². The number of nitrogens with zero attached hydrogens (tertiary/aromatic N) is 1. The molecule has 2 heterocycles. The van der Waals surface area contributed by atoms with E-state index in [9.17, 15) is 29.1 Å². The fourth-order valence-electron chi connectivity index (χ4n) is 14.3. The molecular weight excluding hydrogens is 773 g/mol. The van der Waals surface area contributed by atoms with Crippen LogP contribution in [0, 0.1) is 50.2 Å². The first kappa shape index (κ1) is 44.0. The molecule has 61 heavy (non-hydrogen) atoms. The van der Waals surface area contributed by atoms with Crippen molar-refractivity contribution >= 4 is 35.2 Å². The summed E-state index contributed by atoms with van der Waals surface area (Å²) < 4.78 is 11.7. The number of carbonyl (C=O) groups is 5. The highest BCUT2D eigenvalue weighted by Crippen LogP contribution is 2.75. The number of rotatable bonds is 12. The zero-order valence-corrected chi connectivity index (χ0v) is 37.7. The molecule has 2 aliphatic heterocycles. The molecule has 1 aromatic carbocycles. The van der Waals surface area contributed by atoms with Gasteiger partial charge in [0.2, 0.25) is 17.7 Å². The van der Waals surface area contributed by atoms with Crippen molar-refractivity contribution in [1.29, 1.82) is 0 Å². The molecule has 12 nitrogen and oxygen atoms in total. The molecule has 334 valence electrons. The van der Waals surface area contributed by atoms with Gasteiger partial charge in [0.25, 0.3) is 11.8 Å². The molecule has 0 spiro atoms. The van der Waals surface area contributed by atoms with E-state index < -0.39 is 35.1 Å². The van der Waals surface area contributed by atoms with Crippen molar-refractivity contribution in [1.82, 2.24) is 15.5 Å². The van der Waals surface area contributed by atoms with Gasteiger partial charge in [-0.2, -0.15) is 0 Å². The molecule has 1 unspecified atom stereocenters. The summed E-state index contributed by atoms with van der Waals surface area (Å²) in [6, 6.07) is 3.96. The quantitative estimate of drug-likeness (QED) is 0.101. The number of imide groups is 2. The number of ether oxygens (including phenoxy) is 2. The largest absolute Gasteiger partial charge is 0.393 e. The second-order valence-electron chi connectivity index (χ2n) is 21.8. The van der Waals surface area contributed by atoms with E-state index in [4.69, 9.17) is 9.47 Å². The first-order valence-corrected chi connectivity index (χ1v) is 23.2. The van der Waals surface area contributed by atoms with E-state index in [0.29, 0.717) is 57.0 Å². The molecule has 0 radical (unpaired) electrons. The number of allylic oxidation sites excluding steroid dienone is 2. The van der Waals surface area contributed by atoms with E-state index in [1.54, 1.807) is 23.8 Å². The summed E-state index contributed by atoms with van der Waals surface area (Å²) >= 11 is 0. The number of carbonyl (C=O) groups excluding carboxylic acids is 5. The van der Waals surface area contributed by atoms with Gasteiger partial charge in [0.1, 0.15) is 6.04 Å². The van der Waals surface area contributed by atoms with E-state index in [-0.39, 0.29) is 69.0 Å². The topological polar surface area (TPSA) is 163 Å². The van der Waals surface area contributed by atoms with E-state index in [2.05, 4.69) is 70.5 Å². The van der Waals surface area contributed by atoms with E-state index in [0.717, 1.165) is 62.7 Å². The number of hydrogen-bond acceptors (Lipinski definition) is 9. The molecule has 0 aromatic heterocycles. The highest BCUT2D eigenvalue weighted by Gasteiger charge is 2.69. The molecule has 9 atom stereocenters. The van der Waals surface area contributed by atoms with Crippen LogP contribution in [0.2, 0.25) is 0 Å². The second kappa shape index (κ2) is 15.9. The van der Waals surface area contributed by atoms with Gasteiger partial charge in [0, 0.05) is 25.2 Å². The molecule has 4 saturated carbocycles. The lowest BCUT2D eigenvalue weighted by Gasteiger charge is -2.71. The van der Waals surface area contributed by atoms with Crippen LogP contribution in [-0.2, 0) is 23.9 Å². The number of anilines is 1. The first-order valence-electron chi connectivity index (χ1n) is 23.2. The number of aliphatic hydroxyl groups is 1.